The van der Waals surface area contributed by atoms with E-state index in [-0.39, 0.29) is 17.9 Å². The quantitative estimate of drug-likeness (QED) is 0.674. The van der Waals surface area contributed by atoms with Crippen LogP contribution in [-0.2, 0) is 9.53 Å². The Morgan fingerprint density at radius 1 is 1.03 bits per heavy atom. The molecule has 0 spiro atoms. The van der Waals surface area contributed by atoms with Crippen molar-refractivity contribution in [3.8, 4) is 17.2 Å². The minimum atomic E-state index is -0.808. The first-order chi connectivity index (χ1) is 14.5. The minimum Gasteiger partial charge on any atom is -0.493 e. The van der Waals surface area contributed by atoms with E-state index >= 15 is 0 Å². The van der Waals surface area contributed by atoms with Crippen LogP contribution in [0.2, 0.25) is 0 Å². The second-order valence-corrected chi connectivity index (χ2v) is 6.27. The molecule has 9 heteroatoms. The van der Waals surface area contributed by atoms with Gasteiger partial charge < -0.3 is 29.6 Å². The summed E-state index contributed by atoms with van der Waals surface area (Å²) >= 11 is 0. The second-order valence-electron chi connectivity index (χ2n) is 6.27. The number of halogens is 1. The van der Waals surface area contributed by atoms with E-state index in [4.69, 9.17) is 18.9 Å². The molecule has 2 aromatic carbocycles. The highest BCUT2D eigenvalue weighted by atomic mass is 19.1. The number of carbonyl (C=O) groups is 2. The summed E-state index contributed by atoms with van der Waals surface area (Å²) in [5, 5.41) is 5.30. The van der Waals surface area contributed by atoms with Gasteiger partial charge in [-0.1, -0.05) is 6.07 Å². The molecule has 0 saturated heterocycles. The second kappa shape index (κ2) is 9.17. The Morgan fingerprint density at radius 3 is 2.37 bits per heavy atom. The number of benzene rings is 2. The number of hydrogen-bond donors (Lipinski definition) is 2. The summed E-state index contributed by atoms with van der Waals surface area (Å²) in [6.45, 7) is -0.132. The monoisotopic (exact) mass is 416 g/mol. The molecule has 30 heavy (non-hydrogen) atoms. The van der Waals surface area contributed by atoms with Gasteiger partial charge in [-0.05, 0) is 42.0 Å². The van der Waals surface area contributed by atoms with Crippen LogP contribution in [0.25, 0.3) is 0 Å². The Balaban J connectivity index is 1.98. The summed E-state index contributed by atoms with van der Waals surface area (Å²) in [5.74, 6) is 0.283. The van der Waals surface area contributed by atoms with Gasteiger partial charge in [0.05, 0.1) is 38.6 Å². The van der Waals surface area contributed by atoms with Crippen molar-refractivity contribution < 1.29 is 32.9 Å². The van der Waals surface area contributed by atoms with Crippen molar-refractivity contribution in [2.75, 3.05) is 27.9 Å². The van der Waals surface area contributed by atoms with E-state index in [2.05, 4.69) is 10.6 Å². The van der Waals surface area contributed by atoms with Gasteiger partial charge in [-0.25, -0.2) is 14.0 Å². The number of methoxy groups -OCH3 is 3. The highest BCUT2D eigenvalue weighted by Crippen LogP contribution is 2.34. The molecule has 1 aliphatic rings. The molecule has 3 rings (SSSR count). The molecule has 0 aromatic heterocycles. The summed E-state index contributed by atoms with van der Waals surface area (Å²) in [7, 11) is 4.24. The molecule has 0 unspecified atom stereocenters. The molecule has 0 radical (unpaired) electrons. The fourth-order valence-corrected chi connectivity index (χ4v) is 3.05. The van der Waals surface area contributed by atoms with Gasteiger partial charge in [0.1, 0.15) is 18.2 Å². The van der Waals surface area contributed by atoms with Gasteiger partial charge in [0.25, 0.3) is 0 Å². The summed E-state index contributed by atoms with van der Waals surface area (Å²) in [4.78, 5) is 24.8. The van der Waals surface area contributed by atoms with E-state index in [0.717, 1.165) is 0 Å². The lowest BCUT2D eigenvalue weighted by Gasteiger charge is -2.29. The predicted octanol–water partition coefficient (Wildman–Crippen LogP) is 2.70. The first-order valence-electron chi connectivity index (χ1n) is 8.96. The van der Waals surface area contributed by atoms with Gasteiger partial charge in [-0.2, -0.15) is 0 Å². The first-order valence-corrected chi connectivity index (χ1v) is 8.96. The molecule has 1 atom stereocenters. The van der Waals surface area contributed by atoms with Crippen LogP contribution in [-0.4, -0.2) is 39.9 Å². The maximum Gasteiger partial charge on any atom is 0.338 e. The Labute approximate surface area is 172 Å². The van der Waals surface area contributed by atoms with E-state index in [1.165, 1.54) is 45.6 Å². The summed E-state index contributed by atoms with van der Waals surface area (Å²) in [5.41, 5.74) is 0.989. The highest BCUT2D eigenvalue weighted by molar-refractivity contribution is 5.95. The molecular formula is C21H21FN2O6. The topological polar surface area (TPSA) is 95.1 Å². The average Bonchev–Trinajstić information content (AvgIpc) is 2.77. The molecule has 2 N–H and O–H groups in total. The first kappa shape index (κ1) is 21.0. The maximum absolute atomic E-state index is 13.1. The van der Waals surface area contributed by atoms with Crippen molar-refractivity contribution in [1.29, 1.82) is 0 Å². The van der Waals surface area contributed by atoms with Crippen molar-refractivity contribution in [3.63, 3.8) is 0 Å². The number of urea groups is 1. The minimum absolute atomic E-state index is 0.132. The zero-order chi connectivity index (χ0) is 21.7. The molecule has 8 nitrogen and oxygen atoms in total. The van der Waals surface area contributed by atoms with E-state index < -0.39 is 23.9 Å². The third-order valence-electron chi connectivity index (χ3n) is 4.50. The molecule has 1 aliphatic heterocycles. The summed E-state index contributed by atoms with van der Waals surface area (Å²) < 4.78 is 34.2. The van der Waals surface area contributed by atoms with Gasteiger partial charge in [0, 0.05) is 0 Å². The van der Waals surface area contributed by atoms with Crippen molar-refractivity contribution in [3.05, 3.63) is 65.1 Å². The summed E-state index contributed by atoms with van der Waals surface area (Å²) in [6, 6.07) is 9.11. The van der Waals surface area contributed by atoms with Crippen LogP contribution >= 0.6 is 0 Å². The fourth-order valence-electron chi connectivity index (χ4n) is 3.05. The zero-order valence-electron chi connectivity index (χ0n) is 16.7. The number of carbonyl (C=O) groups excluding carboxylic acids is 2. The number of esters is 1. The van der Waals surface area contributed by atoms with Gasteiger partial charge in [0.15, 0.2) is 11.5 Å². The van der Waals surface area contributed by atoms with Gasteiger partial charge in [-0.3, -0.25) is 0 Å². The molecule has 0 fully saturated rings. The van der Waals surface area contributed by atoms with Crippen LogP contribution in [0.1, 0.15) is 11.6 Å². The molecule has 0 aliphatic carbocycles. The lowest BCUT2D eigenvalue weighted by atomic mass is 9.95. The van der Waals surface area contributed by atoms with Crippen LogP contribution < -0.4 is 24.8 Å². The maximum atomic E-state index is 13.1. The van der Waals surface area contributed by atoms with Crippen LogP contribution in [0.5, 0.6) is 17.2 Å². The largest absolute Gasteiger partial charge is 0.493 e. The number of nitrogens with one attached hydrogen (secondary N) is 2. The zero-order valence-corrected chi connectivity index (χ0v) is 16.7. The van der Waals surface area contributed by atoms with Crippen molar-refractivity contribution >= 4 is 12.0 Å². The average molecular weight is 416 g/mol. The van der Waals surface area contributed by atoms with Gasteiger partial charge >= 0.3 is 12.0 Å². The molecule has 1 heterocycles. The molecule has 2 aromatic rings. The van der Waals surface area contributed by atoms with Gasteiger partial charge in [0.2, 0.25) is 0 Å². The Morgan fingerprint density at radius 2 is 1.73 bits per heavy atom. The van der Waals surface area contributed by atoms with E-state index in [9.17, 15) is 14.0 Å². The normalized spacial score (nSPS) is 15.7. The smallest absolute Gasteiger partial charge is 0.338 e. The number of rotatable bonds is 7. The van der Waals surface area contributed by atoms with Crippen molar-refractivity contribution in [2.24, 2.45) is 0 Å². The highest BCUT2D eigenvalue weighted by Gasteiger charge is 2.34. The number of hydrogen-bond acceptors (Lipinski definition) is 6. The van der Waals surface area contributed by atoms with Crippen LogP contribution in [0.3, 0.4) is 0 Å². The number of ether oxygens (including phenoxy) is 4. The summed E-state index contributed by atoms with van der Waals surface area (Å²) in [6.07, 6.45) is 0. The fraction of sp³-hybridized carbons (Fsp3) is 0.238. The molecule has 0 bridgehead atoms. The van der Waals surface area contributed by atoms with Gasteiger partial charge in [-0.15, -0.1) is 0 Å². The lowest BCUT2D eigenvalue weighted by molar-refractivity contribution is -0.136. The van der Waals surface area contributed by atoms with Crippen LogP contribution in [0.15, 0.2) is 53.7 Å². The molecule has 0 saturated carbocycles. The van der Waals surface area contributed by atoms with E-state index in [1.54, 1.807) is 18.2 Å². The third-order valence-corrected chi connectivity index (χ3v) is 4.50. The Kier molecular flexibility index (Phi) is 6.41. The van der Waals surface area contributed by atoms with E-state index in [0.29, 0.717) is 22.8 Å². The van der Waals surface area contributed by atoms with Crippen molar-refractivity contribution in [1.82, 2.24) is 10.6 Å². The lowest BCUT2D eigenvalue weighted by Crippen LogP contribution is -2.47. The van der Waals surface area contributed by atoms with Crippen molar-refractivity contribution in [2.45, 2.75) is 6.04 Å². The molecule has 2 amide bonds. The predicted molar refractivity (Wildman–Crippen MR) is 105 cm³/mol. The van der Waals surface area contributed by atoms with Crippen LogP contribution in [0, 0.1) is 5.82 Å². The Hall–Kier alpha value is -3.75. The molecule has 158 valence electrons. The van der Waals surface area contributed by atoms with Crippen LogP contribution in [0.4, 0.5) is 9.18 Å². The number of amides is 2. The molecular weight excluding hydrogens is 395 g/mol. The third kappa shape index (κ3) is 4.45. The van der Waals surface area contributed by atoms with E-state index in [1.807, 2.05) is 0 Å². The standard InChI is InChI=1S/C21H21FN2O6/c1-27-16-9-4-12(10-17(16)28-2)19-18(20(25)29-3)15(23-21(26)24-19)11-30-14-7-5-13(22)6-8-14/h4-10,19H,11H2,1-3H3,(H2,23,24,26)/t19-/m1/s1. The Bertz CT molecular complexity index is 974. The SMILES string of the molecule is COC(=O)C1=C(COc2ccc(F)cc2)NC(=O)N[C@@H]1c1ccc(OC)c(OC)c1.